The first-order valence-electron chi connectivity index (χ1n) is 7.17. The molecule has 2 N–H and O–H groups in total. The molecule has 2 heterocycles. The Morgan fingerprint density at radius 2 is 2.30 bits per heavy atom. The van der Waals surface area contributed by atoms with Gasteiger partial charge in [0.05, 0.1) is 6.07 Å². The third-order valence-electron chi connectivity index (χ3n) is 4.85. The van der Waals surface area contributed by atoms with Gasteiger partial charge in [0.25, 0.3) is 0 Å². The summed E-state index contributed by atoms with van der Waals surface area (Å²) in [5, 5.41) is 14.7. The van der Waals surface area contributed by atoms with Crippen LogP contribution in [0.3, 0.4) is 0 Å². The molecule has 3 atom stereocenters. The first kappa shape index (κ1) is 12.3. The average molecular weight is 286 g/mol. The number of nitrogens with zero attached hydrogens (tertiary/aromatic N) is 1. The number of piperidine rings is 1. The fraction of sp³-hybridized carbons (Fsp3) is 0.438. The van der Waals surface area contributed by atoms with E-state index >= 15 is 0 Å². The fourth-order valence-electron chi connectivity index (χ4n) is 3.94. The van der Waals surface area contributed by atoms with Crippen molar-refractivity contribution in [2.45, 2.75) is 31.2 Å². The molecular formula is C16H16ClN3. The van der Waals surface area contributed by atoms with Crippen LogP contribution in [0.25, 0.3) is 10.9 Å². The van der Waals surface area contributed by atoms with E-state index in [0.29, 0.717) is 24.3 Å². The van der Waals surface area contributed by atoms with E-state index in [4.69, 9.17) is 16.9 Å². The molecule has 102 valence electrons. The van der Waals surface area contributed by atoms with Gasteiger partial charge in [-0.2, -0.15) is 5.26 Å². The molecule has 0 bridgehead atoms. The van der Waals surface area contributed by atoms with Crippen molar-refractivity contribution in [2.24, 2.45) is 5.92 Å². The molecule has 4 rings (SSSR count). The Hall–Kier alpha value is -1.50. The predicted molar refractivity (Wildman–Crippen MR) is 79.9 cm³/mol. The maximum absolute atomic E-state index is 8.93. The number of nitrogens with one attached hydrogen (secondary N) is 2. The van der Waals surface area contributed by atoms with Gasteiger partial charge in [0.1, 0.15) is 5.15 Å². The SMILES string of the molecule is N#CC[C@H]1CNC2Cc3c(Cl)[nH]c4cccc(c34)C2C1. The quantitative estimate of drug-likeness (QED) is 0.844. The lowest BCUT2D eigenvalue weighted by molar-refractivity contribution is 0.271. The minimum Gasteiger partial charge on any atom is -0.345 e. The molecule has 1 aromatic heterocycles. The highest BCUT2D eigenvalue weighted by molar-refractivity contribution is 6.32. The van der Waals surface area contributed by atoms with Crippen molar-refractivity contribution in [2.75, 3.05) is 6.54 Å². The van der Waals surface area contributed by atoms with Crippen LogP contribution >= 0.6 is 11.6 Å². The molecule has 1 aliphatic heterocycles. The van der Waals surface area contributed by atoms with Crippen molar-refractivity contribution < 1.29 is 0 Å². The van der Waals surface area contributed by atoms with Crippen LogP contribution in [0.5, 0.6) is 0 Å². The topological polar surface area (TPSA) is 51.6 Å². The maximum atomic E-state index is 8.93. The van der Waals surface area contributed by atoms with Gasteiger partial charge in [-0.3, -0.25) is 0 Å². The van der Waals surface area contributed by atoms with E-state index in [1.54, 1.807) is 0 Å². The summed E-state index contributed by atoms with van der Waals surface area (Å²) in [7, 11) is 0. The zero-order valence-corrected chi connectivity index (χ0v) is 11.9. The summed E-state index contributed by atoms with van der Waals surface area (Å²) in [4.78, 5) is 3.29. The lowest BCUT2D eigenvalue weighted by atomic mass is 9.73. The van der Waals surface area contributed by atoms with E-state index in [0.717, 1.165) is 30.1 Å². The second kappa shape index (κ2) is 4.51. The summed E-state index contributed by atoms with van der Waals surface area (Å²) in [5.41, 5.74) is 3.79. The number of hydrogen-bond acceptors (Lipinski definition) is 2. The molecule has 0 saturated carbocycles. The van der Waals surface area contributed by atoms with E-state index in [9.17, 15) is 0 Å². The molecule has 3 nitrogen and oxygen atoms in total. The van der Waals surface area contributed by atoms with Crippen LogP contribution in [0.1, 0.15) is 29.9 Å². The molecule has 2 unspecified atom stereocenters. The monoisotopic (exact) mass is 285 g/mol. The standard InChI is InChI=1S/C16H16ClN3/c17-16-12-7-14-11(6-9(4-5-18)8-19-14)10-2-1-3-13(20-16)15(10)12/h1-3,9,11,14,19-20H,4,6-8H2/t9-,11?,14?/m1/s1. The van der Waals surface area contributed by atoms with Gasteiger partial charge in [-0.25, -0.2) is 0 Å². The van der Waals surface area contributed by atoms with Crippen LogP contribution in [0, 0.1) is 17.2 Å². The molecule has 0 radical (unpaired) electrons. The largest absolute Gasteiger partial charge is 0.345 e. The fourth-order valence-corrected chi connectivity index (χ4v) is 4.22. The number of fused-ring (bicyclic) bond motifs is 2. The number of aromatic amines is 1. The highest BCUT2D eigenvalue weighted by Crippen LogP contribution is 2.44. The minimum atomic E-state index is 0.455. The van der Waals surface area contributed by atoms with Gasteiger partial charge in [0.2, 0.25) is 0 Å². The predicted octanol–water partition coefficient (Wildman–Crippen LogP) is 3.35. The van der Waals surface area contributed by atoms with Crippen molar-refractivity contribution >= 4 is 22.5 Å². The molecule has 0 spiro atoms. The van der Waals surface area contributed by atoms with E-state index in [2.05, 4.69) is 34.6 Å². The molecule has 1 aliphatic carbocycles. The van der Waals surface area contributed by atoms with Crippen molar-refractivity contribution in [3.05, 3.63) is 34.5 Å². The van der Waals surface area contributed by atoms with Crippen LogP contribution in [-0.4, -0.2) is 17.6 Å². The second-order valence-corrected chi connectivity index (χ2v) is 6.35. The van der Waals surface area contributed by atoms with Crippen LogP contribution < -0.4 is 5.32 Å². The van der Waals surface area contributed by atoms with Gasteiger partial charge in [-0.15, -0.1) is 0 Å². The number of H-pyrrole nitrogens is 1. The van der Waals surface area contributed by atoms with Gasteiger partial charge >= 0.3 is 0 Å². The van der Waals surface area contributed by atoms with Crippen LogP contribution in [0.15, 0.2) is 18.2 Å². The average Bonchev–Trinajstić information content (AvgIpc) is 2.78. The summed E-state index contributed by atoms with van der Waals surface area (Å²) in [6, 6.07) is 9.19. The Bertz CT molecular complexity index is 712. The third kappa shape index (κ3) is 1.69. The summed E-state index contributed by atoms with van der Waals surface area (Å²) in [5.74, 6) is 0.970. The Kier molecular flexibility index (Phi) is 2.76. The molecule has 4 heteroatoms. The second-order valence-electron chi connectivity index (χ2n) is 5.98. The van der Waals surface area contributed by atoms with Gasteiger partial charge in [0.15, 0.2) is 0 Å². The first-order chi connectivity index (χ1) is 9.78. The molecule has 20 heavy (non-hydrogen) atoms. The molecule has 2 aromatic rings. The normalized spacial score (nSPS) is 28.1. The number of nitriles is 1. The molecule has 2 aliphatic rings. The Balaban J connectivity index is 1.82. The summed E-state index contributed by atoms with van der Waals surface area (Å²) in [6.45, 7) is 0.947. The number of benzene rings is 1. The van der Waals surface area contributed by atoms with E-state index in [-0.39, 0.29) is 0 Å². The van der Waals surface area contributed by atoms with Crippen LogP contribution in [0.4, 0.5) is 0 Å². The highest BCUT2D eigenvalue weighted by Gasteiger charge is 2.37. The van der Waals surface area contributed by atoms with E-state index in [1.165, 1.54) is 16.5 Å². The van der Waals surface area contributed by atoms with Crippen molar-refractivity contribution in [1.29, 1.82) is 5.26 Å². The molecule has 1 saturated heterocycles. The van der Waals surface area contributed by atoms with Crippen molar-refractivity contribution in [3.63, 3.8) is 0 Å². The molecule has 1 aromatic carbocycles. The summed E-state index contributed by atoms with van der Waals surface area (Å²) >= 11 is 6.36. The van der Waals surface area contributed by atoms with Crippen LogP contribution in [0.2, 0.25) is 5.15 Å². The van der Waals surface area contributed by atoms with Crippen molar-refractivity contribution in [3.8, 4) is 6.07 Å². The van der Waals surface area contributed by atoms with E-state index in [1.807, 2.05) is 0 Å². The molecule has 1 fully saturated rings. The summed E-state index contributed by atoms with van der Waals surface area (Å²) in [6.07, 6.45) is 2.74. The minimum absolute atomic E-state index is 0.455. The summed E-state index contributed by atoms with van der Waals surface area (Å²) < 4.78 is 0. The Labute approximate surface area is 122 Å². The Morgan fingerprint density at radius 1 is 1.40 bits per heavy atom. The van der Waals surface area contributed by atoms with Gasteiger partial charge in [-0.05, 0) is 42.5 Å². The smallest absolute Gasteiger partial charge is 0.110 e. The maximum Gasteiger partial charge on any atom is 0.110 e. The lowest BCUT2D eigenvalue weighted by Crippen LogP contribution is -2.46. The zero-order chi connectivity index (χ0) is 13.7. The van der Waals surface area contributed by atoms with Gasteiger partial charge in [0, 0.05) is 29.3 Å². The third-order valence-corrected chi connectivity index (χ3v) is 5.18. The number of hydrogen-bond donors (Lipinski definition) is 2. The lowest BCUT2D eigenvalue weighted by Gasteiger charge is -2.40. The van der Waals surface area contributed by atoms with E-state index < -0.39 is 0 Å². The van der Waals surface area contributed by atoms with Gasteiger partial charge < -0.3 is 10.3 Å². The van der Waals surface area contributed by atoms with Crippen LogP contribution in [-0.2, 0) is 6.42 Å². The number of aromatic nitrogens is 1. The Morgan fingerprint density at radius 3 is 3.15 bits per heavy atom. The number of rotatable bonds is 1. The van der Waals surface area contributed by atoms with Crippen molar-refractivity contribution in [1.82, 2.24) is 10.3 Å². The number of halogens is 1. The molecular weight excluding hydrogens is 270 g/mol. The molecule has 0 amide bonds. The zero-order valence-electron chi connectivity index (χ0n) is 11.1. The highest BCUT2D eigenvalue weighted by atomic mass is 35.5. The first-order valence-corrected chi connectivity index (χ1v) is 7.55. The van der Waals surface area contributed by atoms with Gasteiger partial charge in [-0.1, -0.05) is 23.7 Å².